The fourth-order valence-corrected chi connectivity index (χ4v) is 6.53. The molecule has 3 heterocycles. The number of hydrogen-bond donors (Lipinski definition) is 1. The van der Waals surface area contributed by atoms with E-state index in [-0.39, 0.29) is 36.4 Å². The molecule has 8 nitrogen and oxygen atoms in total. The number of aliphatic hydroxyl groups excluding tert-OH is 1. The van der Waals surface area contributed by atoms with Crippen molar-refractivity contribution in [1.29, 1.82) is 0 Å². The Hall–Kier alpha value is -2.19. The largest absolute Gasteiger partial charge is 0.394 e. The first kappa shape index (κ1) is 28.4. The van der Waals surface area contributed by atoms with Crippen LogP contribution in [-0.4, -0.2) is 94.1 Å². The highest BCUT2D eigenvalue weighted by molar-refractivity contribution is 5.99. The van der Waals surface area contributed by atoms with Gasteiger partial charge in [0.1, 0.15) is 11.6 Å². The maximum absolute atomic E-state index is 14.2. The van der Waals surface area contributed by atoms with E-state index in [1.165, 1.54) is 0 Å². The van der Waals surface area contributed by atoms with Gasteiger partial charge < -0.3 is 24.5 Å². The Morgan fingerprint density at radius 1 is 1.14 bits per heavy atom. The molecule has 1 N–H and O–H groups in total. The van der Waals surface area contributed by atoms with E-state index in [9.17, 15) is 19.5 Å². The van der Waals surface area contributed by atoms with E-state index >= 15 is 0 Å². The summed E-state index contributed by atoms with van der Waals surface area (Å²) in [6, 6.07) is -1.41. The van der Waals surface area contributed by atoms with E-state index in [1.807, 2.05) is 20.8 Å². The number of carbonyl (C=O) groups excluding carboxylic acids is 3. The van der Waals surface area contributed by atoms with Gasteiger partial charge in [-0.05, 0) is 31.6 Å². The van der Waals surface area contributed by atoms with Gasteiger partial charge in [0, 0.05) is 26.2 Å². The molecule has 0 saturated carbocycles. The molecule has 0 aromatic carbocycles. The molecular formula is C28H45N3O5. The summed E-state index contributed by atoms with van der Waals surface area (Å²) >= 11 is 0. The molecule has 3 rings (SSSR count). The highest BCUT2D eigenvalue weighted by atomic mass is 16.5. The molecule has 0 aliphatic carbocycles. The second kappa shape index (κ2) is 11.9. The van der Waals surface area contributed by atoms with Crippen LogP contribution < -0.4 is 0 Å². The number of rotatable bonds is 14. The van der Waals surface area contributed by atoms with Crippen LogP contribution in [0.15, 0.2) is 25.3 Å². The third-order valence-electron chi connectivity index (χ3n) is 8.17. The Morgan fingerprint density at radius 2 is 1.78 bits per heavy atom. The van der Waals surface area contributed by atoms with Crippen molar-refractivity contribution in [3.8, 4) is 0 Å². The van der Waals surface area contributed by atoms with Crippen molar-refractivity contribution >= 4 is 17.7 Å². The second-order valence-electron chi connectivity index (χ2n) is 10.8. The predicted molar refractivity (Wildman–Crippen MR) is 139 cm³/mol. The van der Waals surface area contributed by atoms with Crippen molar-refractivity contribution in [3.05, 3.63) is 25.3 Å². The molecule has 8 heteroatoms. The number of carbonyl (C=O) groups is 3. The smallest absolute Gasteiger partial charge is 0.248 e. The lowest BCUT2D eigenvalue weighted by Gasteiger charge is -2.40. The van der Waals surface area contributed by atoms with Crippen LogP contribution in [0, 0.1) is 17.8 Å². The van der Waals surface area contributed by atoms with Crippen molar-refractivity contribution in [3.63, 3.8) is 0 Å². The first-order valence-electron chi connectivity index (χ1n) is 13.6. The normalized spacial score (nSPS) is 29.4. The van der Waals surface area contributed by atoms with E-state index in [0.29, 0.717) is 39.0 Å². The molecule has 3 fully saturated rings. The zero-order valence-corrected chi connectivity index (χ0v) is 22.5. The Bertz CT molecular complexity index is 845. The number of ether oxygens (including phenoxy) is 1. The fourth-order valence-electron chi connectivity index (χ4n) is 6.53. The van der Waals surface area contributed by atoms with Gasteiger partial charge in [0.2, 0.25) is 17.7 Å². The van der Waals surface area contributed by atoms with Crippen molar-refractivity contribution < 1.29 is 24.2 Å². The van der Waals surface area contributed by atoms with Gasteiger partial charge in [-0.3, -0.25) is 14.4 Å². The standard InChI is InChI=1S/C28H45N3O5/c1-7-11-17-30(16-10-4)27(35)24-28-13-12-21(36-28)22(25(33)29(14-8-2)15-9-3)23(28)26(34)31(24)20(18-32)19(5)6/h8,10,19-24,32H,2,4,7,9,11-18H2,1,3,5-6H3/t20-,21+,22-,23-,24?,28?/m0/s1. The summed E-state index contributed by atoms with van der Waals surface area (Å²) in [5, 5.41) is 10.3. The zero-order chi connectivity index (χ0) is 26.6. The van der Waals surface area contributed by atoms with Crippen LogP contribution in [0.25, 0.3) is 0 Å². The average Bonchev–Trinajstić information content (AvgIpc) is 3.49. The molecule has 202 valence electrons. The van der Waals surface area contributed by atoms with E-state index in [2.05, 4.69) is 20.1 Å². The highest BCUT2D eigenvalue weighted by Gasteiger charge is 2.75. The van der Waals surface area contributed by atoms with Gasteiger partial charge in [0.25, 0.3) is 0 Å². The first-order valence-corrected chi connectivity index (χ1v) is 13.6. The van der Waals surface area contributed by atoms with Crippen LogP contribution >= 0.6 is 0 Å². The van der Waals surface area contributed by atoms with Crippen molar-refractivity contribution in [2.45, 2.75) is 83.6 Å². The lowest BCUT2D eigenvalue weighted by atomic mass is 9.70. The molecule has 3 aliphatic rings. The lowest BCUT2D eigenvalue weighted by molar-refractivity contribution is -0.152. The number of aliphatic hydroxyl groups is 1. The number of nitrogens with zero attached hydrogens (tertiary/aromatic N) is 3. The molecule has 3 saturated heterocycles. The van der Waals surface area contributed by atoms with E-state index in [0.717, 1.165) is 19.3 Å². The van der Waals surface area contributed by atoms with Crippen molar-refractivity contribution in [2.75, 3.05) is 32.8 Å². The number of fused-ring (bicyclic) bond motifs is 1. The Morgan fingerprint density at radius 3 is 2.31 bits per heavy atom. The summed E-state index contributed by atoms with van der Waals surface area (Å²) in [5.41, 5.74) is -1.06. The molecule has 3 amide bonds. The average molecular weight is 504 g/mol. The summed E-state index contributed by atoms with van der Waals surface area (Å²) < 4.78 is 6.57. The van der Waals surface area contributed by atoms with Gasteiger partial charge in [0.05, 0.1) is 30.6 Å². The summed E-state index contributed by atoms with van der Waals surface area (Å²) in [6.07, 6.45) is 6.76. The van der Waals surface area contributed by atoms with E-state index in [4.69, 9.17) is 4.74 Å². The van der Waals surface area contributed by atoms with Crippen LogP contribution in [0.4, 0.5) is 0 Å². The minimum Gasteiger partial charge on any atom is -0.394 e. The number of likely N-dealkylation sites (tertiary alicyclic amines) is 1. The Labute approximate surface area is 216 Å². The van der Waals surface area contributed by atoms with Gasteiger partial charge >= 0.3 is 0 Å². The van der Waals surface area contributed by atoms with Gasteiger partial charge in [0.15, 0.2) is 0 Å². The van der Waals surface area contributed by atoms with E-state index in [1.54, 1.807) is 26.9 Å². The summed E-state index contributed by atoms with van der Waals surface area (Å²) in [6.45, 7) is 17.2. The van der Waals surface area contributed by atoms with Gasteiger partial charge in [-0.25, -0.2) is 0 Å². The van der Waals surface area contributed by atoms with Gasteiger partial charge in [-0.15, -0.1) is 13.2 Å². The minimum absolute atomic E-state index is 0.0725. The Kier molecular flexibility index (Phi) is 9.39. The molecule has 2 bridgehead atoms. The topological polar surface area (TPSA) is 90.4 Å². The minimum atomic E-state index is -1.06. The van der Waals surface area contributed by atoms with Crippen molar-refractivity contribution in [2.24, 2.45) is 17.8 Å². The van der Waals surface area contributed by atoms with Gasteiger partial charge in [-0.2, -0.15) is 0 Å². The third kappa shape index (κ3) is 4.74. The maximum Gasteiger partial charge on any atom is 0.248 e. The molecule has 36 heavy (non-hydrogen) atoms. The van der Waals surface area contributed by atoms with Gasteiger partial charge in [-0.1, -0.05) is 46.3 Å². The summed E-state index contributed by atoms with van der Waals surface area (Å²) in [5.74, 6) is -1.96. The first-order chi connectivity index (χ1) is 17.2. The van der Waals surface area contributed by atoms with Crippen molar-refractivity contribution in [1.82, 2.24) is 14.7 Å². The molecule has 2 unspecified atom stereocenters. The maximum atomic E-state index is 14.2. The van der Waals surface area contributed by atoms with Crippen LogP contribution in [-0.2, 0) is 19.1 Å². The predicted octanol–water partition coefficient (Wildman–Crippen LogP) is 2.62. The zero-order valence-electron chi connectivity index (χ0n) is 22.5. The molecule has 0 radical (unpaired) electrons. The number of hydrogen-bond acceptors (Lipinski definition) is 5. The molecule has 0 aromatic rings. The fraction of sp³-hybridized carbons (Fsp3) is 0.750. The molecule has 1 spiro atoms. The number of unbranched alkanes of at least 4 members (excludes halogenated alkanes) is 1. The second-order valence-corrected chi connectivity index (χ2v) is 10.8. The quantitative estimate of drug-likeness (QED) is 0.368. The monoisotopic (exact) mass is 503 g/mol. The molecule has 6 atom stereocenters. The summed E-state index contributed by atoms with van der Waals surface area (Å²) in [7, 11) is 0. The van der Waals surface area contributed by atoms with Crippen LogP contribution in [0.5, 0.6) is 0 Å². The third-order valence-corrected chi connectivity index (χ3v) is 8.17. The molecule has 3 aliphatic heterocycles. The lowest BCUT2D eigenvalue weighted by Crippen LogP contribution is -2.59. The van der Waals surface area contributed by atoms with Crippen LogP contribution in [0.2, 0.25) is 0 Å². The summed E-state index contributed by atoms with van der Waals surface area (Å²) in [4.78, 5) is 47.3. The highest BCUT2D eigenvalue weighted by Crippen LogP contribution is 2.59. The molecule has 0 aromatic heterocycles. The SMILES string of the molecule is C=CCN(CCCC)C(=O)C1N([C@@H](CO)C(C)C)C(=O)[C@@H]2[C@@H](C(=O)N(CC=C)CCC)[C@H]3CCC12O3. The number of amides is 3. The van der Waals surface area contributed by atoms with E-state index < -0.39 is 29.5 Å². The van der Waals surface area contributed by atoms with Crippen LogP contribution in [0.3, 0.4) is 0 Å². The molecular weight excluding hydrogens is 458 g/mol. The Balaban J connectivity index is 2.08. The van der Waals surface area contributed by atoms with Crippen LogP contribution in [0.1, 0.15) is 59.8 Å².